The minimum Gasteiger partial charge on any atom is -0.381 e. The SMILES string of the molecule is Cc1cc(-c2ncn[nH]2)c(F)cc1-c1cnc2c(n1)N(CCC1CCOCC1)C(=O)CN2. The normalized spacial score (nSPS) is 16.7. The number of aromatic nitrogens is 5. The van der Waals surface area contributed by atoms with Crippen molar-refractivity contribution < 1.29 is 13.9 Å². The van der Waals surface area contributed by atoms with Gasteiger partial charge < -0.3 is 10.1 Å². The lowest BCUT2D eigenvalue weighted by Crippen LogP contribution is -2.42. The number of hydrogen-bond acceptors (Lipinski definition) is 7. The average Bonchev–Trinajstić information content (AvgIpc) is 3.35. The number of hydrogen-bond donors (Lipinski definition) is 2. The molecule has 0 atom stereocenters. The van der Waals surface area contributed by atoms with E-state index in [4.69, 9.17) is 9.72 Å². The van der Waals surface area contributed by atoms with Gasteiger partial charge in [0.1, 0.15) is 12.1 Å². The number of carbonyl (C=O) groups is 1. The molecule has 0 spiro atoms. The van der Waals surface area contributed by atoms with Crippen molar-refractivity contribution in [2.45, 2.75) is 26.2 Å². The number of nitrogens with zero attached hydrogens (tertiary/aromatic N) is 5. The monoisotopic (exact) mass is 437 g/mol. The first kappa shape index (κ1) is 20.5. The molecule has 2 aromatic heterocycles. The summed E-state index contributed by atoms with van der Waals surface area (Å²) < 4.78 is 20.3. The number of aryl methyl sites for hydroxylation is 1. The number of nitrogens with one attached hydrogen (secondary N) is 2. The highest BCUT2D eigenvalue weighted by atomic mass is 19.1. The third kappa shape index (κ3) is 3.93. The molecule has 2 aliphatic rings. The van der Waals surface area contributed by atoms with Crippen LogP contribution in [-0.4, -0.2) is 57.4 Å². The van der Waals surface area contributed by atoms with Crippen molar-refractivity contribution in [3.05, 3.63) is 36.0 Å². The quantitative estimate of drug-likeness (QED) is 0.632. The van der Waals surface area contributed by atoms with Gasteiger partial charge in [0.15, 0.2) is 17.5 Å². The second-order valence-electron chi connectivity index (χ2n) is 8.15. The molecule has 3 aromatic rings. The molecule has 0 unspecified atom stereocenters. The van der Waals surface area contributed by atoms with Crippen molar-refractivity contribution >= 4 is 17.5 Å². The van der Waals surface area contributed by atoms with Gasteiger partial charge in [0.2, 0.25) is 5.91 Å². The summed E-state index contributed by atoms with van der Waals surface area (Å²) in [6.45, 7) is 4.19. The number of carbonyl (C=O) groups excluding carboxylic acids is 1. The van der Waals surface area contributed by atoms with E-state index in [2.05, 4.69) is 25.5 Å². The largest absolute Gasteiger partial charge is 0.381 e. The van der Waals surface area contributed by atoms with E-state index >= 15 is 0 Å². The molecule has 1 saturated heterocycles. The Kier molecular flexibility index (Phi) is 5.52. The number of fused-ring (bicyclic) bond motifs is 1. The summed E-state index contributed by atoms with van der Waals surface area (Å²) in [5, 5.41) is 9.51. The summed E-state index contributed by atoms with van der Waals surface area (Å²) in [7, 11) is 0. The van der Waals surface area contributed by atoms with Gasteiger partial charge in [-0.25, -0.2) is 19.3 Å². The molecule has 0 saturated carbocycles. The minimum absolute atomic E-state index is 0.0421. The van der Waals surface area contributed by atoms with E-state index in [-0.39, 0.29) is 12.5 Å². The number of H-pyrrole nitrogens is 1. The number of aromatic amines is 1. The Hall–Kier alpha value is -3.40. The molecule has 2 N–H and O–H groups in total. The zero-order valence-electron chi connectivity index (χ0n) is 17.8. The van der Waals surface area contributed by atoms with Gasteiger partial charge in [-0.3, -0.25) is 14.8 Å². The number of halogens is 1. The number of ether oxygens (including phenoxy) is 1. The maximum absolute atomic E-state index is 14.9. The van der Waals surface area contributed by atoms with Crippen LogP contribution in [0.3, 0.4) is 0 Å². The predicted molar refractivity (Wildman–Crippen MR) is 117 cm³/mol. The first-order valence-electron chi connectivity index (χ1n) is 10.8. The highest BCUT2D eigenvalue weighted by molar-refractivity contribution is 6.00. The van der Waals surface area contributed by atoms with Crippen molar-refractivity contribution in [2.75, 3.05) is 36.5 Å². The van der Waals surface area contributed by atoms with Gasteiger partial charge in [-0.1, -0.05) is 0 Å². The van der Waals surface area contributed by atoms with E-state index in [0.717, 1.165) is 38.0 Å². The Morgan fingerprint density at radius 3 is 2.84 bits per heavy atom. The molecule has 1 amide bonds. The number of amides is 1. The Balaban J connectivity index is 1.45. The summed E-state index contributed by atoms with van der Waals surface area (Å²) in [6.07, 6.45) is 5.85. The van der Waals surface area contributed by atoms with E-state index in [9.17, 15) is 9.18 Å². The van der Waals surface area contributed by atoms with Gasteiger partial charge in [0, 0.05) is 25.3 Å². The maximum Gasteiger partial charge on any atom is 0.247 e. The van der Waals surface area contributed by atoms with Crippen molar-refractivity contribution in [1.29, 1.82) is 0 Å². The average molecular weight is 437 g/mol. The molecule has 0 radical (unpaired) electrons. The van der Waals surface area contributed by atoms with Gasteiger partial charge in [-0.15, -0.1) is 0 Å². The molecular formula is C22H24FN7O2. The summed E-state index contributed by atoms with van der Waals surface area (Å²) in [6, 6.07) is 3.13. The van der Waals surface area contributed by atoms with Crippen LogP contribution in [0.1, 0.15) is 24.8 Å². The standard InChI is InChI=1S/C22H24FN7O2/c1-13-8-16(20-26-12-27-29-20)17(23)9-15(13)18-10-24-21-22(28-18)30(19(31)11-25-21)5-2-14-3-6-32-7-4-14/h8-10,12,14H,2-7,11H2,1H3,(H,24,25)(H,26,27,29). The molecule has 2 aliphatic heterocycles. The first-order valence-corrected chi connectivity index (χ1v) is 10.8. The number of benzene rings is 1. The minimum atomic E-state index is -0.438. The molecule has 5 rings (SSSR count). The van der Waals surface area contributed by atoms with Crippen LogP contribution in [0.25, 0.3) is 22.6 Å². The van der Waals surface area contributed by atoms with Crippen molar-refractivity contribution in [3.63, 3.8) is 0 Å². The molecule has 1 aromatic carbocycles. The molecule has 166 valence electrons. The highest BCUT2D eigenvalue weighted by Crippen LogP contribution is 2.33. The Morgan fingerprint density at radius 2 is 2.06 bits per heavy atom. The van der Waals surface area contributed by atoms with Gasteiger partial charge in [0.25, 0.3) is 0 Å². The number of anilines is 2. The fraction of sp³-hybridized carbons (Fsp3) is 0.409. The van der Waals surface area contributed by atoms with Gasteiger partial charge in [0.05, 0.1) is 24.0 Å². The van der Waals surface area contributed by atoms with E-state index in [1.165, 1.54) is 12.4 Å². The molecule has 10 heteroatoms. The lowest BCUT2D eigenvalue weighted by Gasteiger charge is -2.30. The first-order chi connectivity index (χ1) is 15.6. The smallest absolute Gasteiger partial charge is 0.247 e. The highest BCUT2D eigenvalue weighted by Gasteiger charge is 2.28. The second kappa shape index (κ2) is 8.62. The maximum atomic E-state index is 14.9. The Morgan fingerprint density at radius 1 is 1.22 bits per heavy atom. The van der Waals surface area contributed by atoms with Crippen LogP contribution in [0.2, 0.25) is 0 Å². The van der Waals surface area contributed by atoms with Crippen LogP contribution in [0.5, 0.6) is 0 Å². The molecule has 4 heterocycles. The topological polar surface area (TPSA) is 109 Å². The van der Waals surface area contributed by atoms with E-state index < -0.39 is 5.82 Å². The fourth-order valence-corrected chi connectivity index (χ4v) is 4.25. The second-order valence-corrected chi connectivity index (χ2v) is 8.15. The van der Waals surface area contributed by atoms with E-state index in [0.29, 0.717) is 46.7 Å². The van der Waals surface area contributed by atoms with Crippen LogP contribution in [0.15, 0.2) is 24.7 Å². The molecule has 1 fully saturated rings. The van der Waals surface area contributed by atoms with Crippen LogP contribution in [0.4, 0.5) is 16.0 Å². The molecule has 0 bridgehead atoms. The van der Waals surface area contributed by atoms with Crippen molar-refractivity contribution in [1.82, 2.24) is 25.1 Å². The zero-order chi connectivity index (χ0) is 22.1. The van der Waals surface area contributed by atoms with E-state index in [1.54, 1.807) is 17.2 Å². The van der Waals surface area contributed by atoms with Crippen LogP contribution in [-0.2, 0) is 9.53 Å². The molecule has 0 aliphatic carbocycles. The third-order valence-corrected chi connectivity index (χ3v) is 6.08. The van der Waals surface area contributed by atoms with E-state index in [1.807, 2.05) is 6.92 Å². The van der Waals surface area contributed by atoms with Crippen LogP contribution >= 0.6 is 0 Å². The lowest BCUT2D eigenvalue weighted by molar-refractivity contribution is -0.117. The molecule has 32 heavy (non-hydrogen) atoms. The third-order valence-electron chi connectivity index (χ3n) is 6.08. The summed E-state index contributed by atoms with van der Waals surface area (Å²) in [5.74, 6) is 1.47. The summed E-state index contributed by atoms with van der Waals surface area (Å²) >= 11 is 0. The zero-order valence-corrected chi connectivity index (χ0v) is 17.8. The number of rotatable bonds is 5. The lowest BCUT2D eigenvalue weighted by atomic mass is 9.96. The molecular weight excluding hydrogens is 413 g/mol. The van der Waals surface area contributed by atoms with Gasteiger partial charge >= 0.3 is 0 Å². The predicted octanol–water partition coefficient (Wildman–Crippen LogP) is 2.95. The fourth-order valence-electron chi connectivity index (χ4n) is 4.25. The summed E-state index contributed by atoms with van der Waals surface area (Å²) in [4.78, 5) is 27.6. The van der Waals surface area contributed by atoms with Gasteiger partial charge in [-0.05, 0) is 49.8 Å². The van der Waals surface area contributed by atoms with Crippen molar-refractivity contribution in [3.8, 4) is 22.6 Å². The Bertz CT molecular complexity index is 1130. The molecule has 9 nitrogen and oxygen atoms in total. The van der Waals surface area contributed by atoms with Gasteiger partial charge in [-0.2, -0.15) is 5.10 Å². The van der Waals surface area contributed by atoms with Crippen molar-refractivity contribution in [2.24, 2.45) is 5.92 Å². The Labute approximate surface area is 184 Å². The van der Waals surface area contributed by atoms with Crippen LogP contribution < -0.4 is 10.2 Å². The summed E-state index contributed by atoms with van der Waals surface area (Å²) in [5.41, 5.74) is 2.28. The van der Waals surface area contributed by atoms with Crippen LogP contribution in [0, 0.1) is 18.7 Å².